The van der Waals surface area contributed by atoms with Crippen molar-refractivity contribution in [1.82, 2.24) is 47.6 Å². The number of nitrogens with one attached hydrogen (secondary N) is 2. The van der Waals surface area contributed by atoms with Crippen LogP contribution in [0.5, 0.6) is 0 Å². The fourth-order valence-electron chi connectivity index (χ4n) is 8.69. The van der Waals surface area contributed by atoms with Crippen molar-refractivity contribution < 1.29 is 62.9 Å². The lowest BCUT2D eigenvalue weighted by Crippen LogP contribution is -2.64. The quantitative estimate of drug-likeness (QED) is 0.0622. The van der Waals surface area contributed by atoms with E-state index in [1.807, 2.05) is 59.6 Å². The molecule has 0 saturated carbocycles. The maximum Gasteiger partial charge on any atom is 0.521 e. The van der Waals surface area contributed by atoms with Crippen LogP contribution in [0.2, 0.25) is 0 Å². The Morgan fingerprint density at radius 3 is 1.54 bits per heavy atom. The lowest BCUT2D eigenvalue weighted by atomic mass is 9.88. The van der Waals surface area contributed by atoms with Crippen LogP contribution in [0.15, 0.2) is 92.0 Å². The summed E-state index contributed by atoms with van der Waals surface area (Å²) in [7, 11) is -12.8. The number of hydrogen-bond acceptors (Lipinski definition) is 18. The molecule has 0 amide bonds. The number of benzene rings is 2. The average Bonchev–Trinajstić information content (AvgIpc) is 4.17. The highest BCUT2D eigenvalue weighted by Crippen LogP contribution is 2.43. The molecule has 4 N–H and O–H groups in total. The summed E-state index contributed by atoms with van der Waals surface area (Å²) in [5.41, 5.74) is 4.83. The van der Waals surface area contributed by atoms with E-state index < -0.39 is 53.5 Å². The van der Waals surface area contributed by atoms with Gasteiger partial charge in [-0.25, -0.2) is 51.7 Å². The Balaban J connectivity index is 0.000000262. The highest BCUT2D eigenvalue weighted by molar-refractivity contribution is 7.89. The van der Waals surface area contributed by atoms with Gasteiger partial charge in [-0.1, -0.05) is 25.6 Å². The molecule has 382 valence electrons. The predicted octanol–water partition coefficient (Wildman–Crippen LogP) is 5.96. The number of hydrogen-bond donors (Lipinski definition) is 4. The molecule has 0 bridgehead atoms. The predicted molar refractivity (Wildman–Crippen MR) is 262 cm³/mol. The number of halogens is 1. The monoisotopic (exact) mass is 1070 g/mol. The average molecular weight is 1070 g/mol. The molecule has 2 atom stereocenters. The molecule has 8 aromatic rings. The molecule has 10 rings (SSSR count). The molecule has 2 saturated heterocycles. The van der Waals surface area contributed by atoms with Gasteiger partial charge in [0.15, 0.2) is 0 Å². The van der Waals surface area contributed by atoms with Crippen molar-refractivity contribution >= 4 is 80.4 Å². The summed E-state index contributed by atoms with van der Waals surface area (Å²) in [5, 5.41) is 36.7. The van der Waals surface area contributed by atoms with Crippen molar-refractivity contribution in [2.24, 2.45) is 0 Å². The standard InChI is InChI=1S/C21H19FN6O2S.C21H20N6O2S.CH4.2HO4P.2H2/c1-2-31(29,30)27-11-21(12-27,6-7-23)28-10-17(15-4-3-14(22)9-18(15)28)19-16-5-8-24-20(16)26-13-25-19;1-2-30(28,29)26-12-21(13-26,8-9-22)27-11-17(15-5-3-4-6-18(15)27)19-16-7-10-23-20(16)25-14-24-19;;2*1-4-5(2)3;;/h3-5,8-10,13H,2,6,11-12H2,1H3,(H,24,25,26);3-7,10-11,14H,2,8,12-13H2,1H3,(H,23,24,25);1H4;2*1H;2*1H. The van der Waals surface area contributed by atoms with Gasteiger partial charge in [-0.15, -0.1) is 0 Å². The first-order chi connectivity index (χ1) is 33.9. The third-order valence-electron chi connectivity index (χ3n) is 12.1. The van der Waals surface area contributed by atoms with Crippen LogP contribution in [0, 0.1) is 28.5 Å². The Morgan fingerprint density at radius 1 is 0.708 bits per heavy atom. The number of rotatable bonds is 12. The zero-order valence-corrected chi connectivity index (χ0v) is 40.8. The smallest absolute Gasteiger partial charge is 0.521 e. The first kappa shape index (κ1) is 54.8. The molecule has 24 nitrogen and oxygen atoms in total. The normalized spacial score (nSPS) is 15.5. The molecule has 2 aromatic carbocycles. The van der Waals surface area contributed by atoms with E-state index >= 15 is 0 Å². The highest BCUT2D eigenvalue weighted by atomic mass is 32.2. The Bertz CT molecular complexity index is 3600. The van der Waals surface area contributed by atoms with Gasteiger partial charge in [-0.05, 0) is 59.4 Å². The lowest BCUT2D eigenvalue weighted by molar-refractivity contribution is -0.245. The summed E-state index contributed by atoms with van der Waals surface area (Å²) in [5.74, 6) is -0.356. The molecule has 0 radical (unpaired) electrons. The van der Waals surface area contributed by atoms with Gasteiger partial charge in [0.05, 0.1) is 64.5 Å². The van der Waals surface area contributed by atoms with Crippen LogP contribution in [-0.4, -0.2) is 113 Å². The summed E-state index contributed by atoms with van der Waals surface area (Å²) >= 11 is 0. The summed E-state index contributed by atoms with van der Waals surface area (Å²) in [6.45, 7) is 4.14. The van der Waals surface area contributed by atoms with E-state index in [1.165, 1.54) is 33.4 Å². The number of nitrogens with zero attached hydrogens (tertiary/aromatic N) is 10. The van der Waals surface area contributed by atoms with E-state index in [-0.39, 0.29) is 60.8 Å². The maximum absolute atomic E-state index is 14.2. The second kappa shape index (κ2) is 22.5. The second-order valence-electron chi connectivity index (χ2n) is 16.0. The minimum Gasteiger partial charge on any atom is -0.565 e. The van der Waals surface area contributed by atoms with Crippen molar-refractivity contribution in [2.45, 2.75) is 45.2 Å². The number of sulfonamides is 2. The minimum atomic E-state index is -3.38. The Kier molecular flexibility index (Phi) is 17.1. The number of fused-ring (bicyclic) bond motifs is 4. The van der Waals surface area contributed by atoms with Gasteiger partial charge in [-0.2, -0.15) is 19.1 Å². The molecule has 2 fully saturated rings. The van der Waals surface area contributed by atoms with E-state index in [1.54, 1.807) is 26.1 Å². The molecule has 2 aliphatic rings. The fraction of sp³-hybridized carbons (Fsp3) is 0.302. The van der Waals surface area contributed by atoms with E-state index in [0.29, 0.717) is 16.9 Å². The van der Waals surface area contributed by atoms with Gasteiger partial charge in [0.1, 0.15) is 29.8 Å². The fourth-order valence-corrected chi connectivity index (χ4v) is 11.2. The maximum atomic E-state index is 14.2. The molecular formula is C43H49FN12O12P2S2. The van der Waals surface area contributed by atoms with Gasteiger partial charge in [0, 0.05) is 101 Å². The molecule has 2 aliphatic heterocycles. The zero-order chi connectivity index (χ0) is 51.3. The SMILES string of the molecule is C.CCS(=O)(=O)N1CC(CC#N)(n2cc(-c3ncnc4[nH]ccc34)c3ccc(F)cc32)C1.CCS(=O)(=O)N1CC(CC#N)(n2cc(-c3ncnc4[nH]ccc34)c3ccccc32)C1.O=[P+]([O-])OO.O=[P+]([O-])OO.[HH].[HH]. The van der Waals surface area contributed by atoms with Crippen molar-refractivity contribution in [3.8, 4) is 34.7 Å². The zero-order valence-electron chi connectivity index (χ0n) is 37.4. The number of aromatic nitrogens is 8. The van der Waals surface area contributed by atoms with E-state index in [0.717, 1.165) is 49.5 Å². The van der Waals surface area contributed by atoms with E-state index in [2.05, 4.69) is 56.0 Å². The van der Waals surface area contributed by atoms with Crippen molar-refractivity contribution in [3.63, 3.8) is 0 Å². The van der Waals surface area contributed by atoms with Crippen molar-refractivity contribution in [3.05, 3.63) is 97.9 Å². The minimum absolute atomic E-state index is 0. The molecule has 6 aromatic heterocycles. The molecule has 29 heteroatoms. The number of aromatic amines is 2. The Labute approximate surface area is 415 Å². The van der Waals surface area contributed by atoms with Gasteiger partial charge < -0.3 is 28.9 Å². The van der Waals surface area contributed by atoms with E-state index in [9.17, 15) is 31.7 Å². The molecule has 0 spiro atoms. The van der Waals surface area contributed by atoms with Crippen LogP contribution in [0.1, 0.15) is 37.0 Å². The summed E-state index contributed by atoms with van der Waals surface area (Å²) in [4.78, 5) is 41.5. The summed E-state index contributed by atoms with van der Waals surface area (Å²) in [6.07, 6.45) is 10.8. The number of nitriles is 2. The number of para-hydroxylation sites is 1. The first-order valence-electron chi connectivity index (χ1n) is 21.0. The van der Waals surface area contributed by atoms with Crippen LogP contribution in [-0.2, 0) is 49.6 Å². The molecular weight excluding hydrogens is 1020 g/mol. The second-order valence-corrected chi connectivity index (χ2v) is 21.7. The van der Waals surface area contributed by atoms with Crippen molar-refractivity contribution in [1.29, 1.82) is 10.5 Å². The van der Waals surface area contributed by atoms with Gasteiger partial charge in [0.25, 0.3) is 0 Å². The Hall–Kier alpha value is -6.55. The third kappa shape index (κ3) is 10.8. The van der Waals surface area contributed by atoms with Gasteiger partial charge in [-0.3, -0.25) is 0 Å². The van der Waals surface area contributed by atoms with Crippen molar-refractivity contribution in [2.75, 3.05) is 37.7 Å². The summed E-state index contributed by atoms with van der Waals surface area (Å²) < 4.78 is 93.6. The van der Waals surface area contributed by atoms with Crippen LogP contribution in [0.3, 0.4) is 0 Å². The Morgan fingerprint density at radius 2 is 1.12 bits per heavy atom. The van der Waals surface area contributed by atoms with Crippen LogP contribution < -0.4 is 9.79 Å². The van der Waals surface area contributed by atoms with Crippen LogP contribution in [0.25, 0.3) is 66.4 Å². The molecule has 2 unspecified atom stereocenters. The van der Waals surface area contributed by atoms with Crippen LogP contribution >= 0.6 is 16.5 Å². The van der Waals surface area contributed by atoms with Crippen LogP contribution in [0.4, 0.5) is 4.39 Å². The van der Waals surface area contributed by atoms with E-state index in [4.69, 9.17) is 29.4 Å². The highest BCUT2D eigenvalue weighted by Gasteiger charge is 2.51. The lowest BCUT2D eigenvalue weighted by Gasteiger charge is -2.49. The molecule has 72 heavy (non-hydrogen) atoms. The largest absolute Gasteiger partial charge is 0.565 e. The van der Waals surface area contributed by atoms with Gasteiger partial charge in [0.2, 0.25) is 20.0 Å². The first-order valence-corrected chi connectivity index (χ1v) is 26.4. The third-order valence-corrected chi connectivity index (χ3v) is 15.9. The van der Waals surface area contributed by atoms with Gasteiger partial charge >= 0.3 is 16.5 Å². The molecule has 8 heterocycles. The topological polar surface area (TPSA) is 355 Å². The molecule has 0 aliphatic carbocycles. The summed E-state index contributed by atoms with van der Waals surface area (Å²) in [6, 6.07) is 20.7. The number of H-pyrrole nitrogens is 2.